The fraction of sp³-hybridized carbons (Fsp3) is 0.500. The van der Waals surface area contributed by atoms with E-state index in [0.29, 0.717) is 19.0 Å². The number of piperidine rings is 1. The lowest BCUT2D eigenvalue weighted by molar-refractivity contribution is 0.0495. The van der Waals surface area contributed by atoms with Crippen LogP contribution in [0.3, 0.4) is 0 Å². The third-order valence-electron chi connectivity index (χ3n) is 3.77. The molecular formula is C14H17F2NO3. The molecule has 1 heterocycles. The van der Waals surface area contributed by atoms with Crippen LogP contribution in [-0.4, -0.2) is 37.4 Å². The molecule has 6 heteroatoms. The molecule has 1 aromatic carbocycles. The Morgan fingerprint density at radius 3 is 2.50 bits per heavy atom. The average molecular weight is 285 g/mol. The Hall–Kier alpha value is -1.69. The standard InChI is InChI=1S/C14H17F2NO3/c1-8-3-4-17(7-12(8)20-2)13-10(15)5-9(14(18)19)6-11(13)16/h5-6,8,12H,3-4,7H2,1-2H3,(H,18,19). The maximum absolute atomic E-state index is 14.0. The van der Waals surface area contributed by atoms with E-state index >= 15 is 0 Å². The van der Waals surface area contributed by atoms with Crippen LogP contribution in [0.4, 0.5) is 14.5 Å². The molecule has 0 spiro atoms. The van der Waals surface area contributed by atoms with Crippen LogP contribution in [0.1, 0.15) is 23.7 Å². The van der Waals surface area contributed by atoms with Crippen molar-refractivity contribution in [1.82, 2.24) is 0 Å². The van der Waals surface area contributed by atoms with Gasteiger partial charge in [0.05, 0.1) is 11.7 Å². The molecule has 0 amide bonds. The maximum Gasteiger partial charge on any atom is 0.335 e. The molecule has 0 aliphatic carbocycles. The summed E-state index contributed by atoms with van der Waals surface area (Å²) in [5, 5.41) is 8.78. The minimum absolute atomic E-state index is 0.0956. The smallest absolute Gasteiger partial charge is 0.335 e. The fourth-order valence-electron chi connectivity index (χ4n) is 2.53. The van der Waals surface area contributed by atoms with Gasteiger partial charge in [0.2, 0.25) is 0 Å². The molecule has 1 aromatic rings. The second kappa shape index (κ2) is 5.75. The van der Waals surface area contributed by atoms with Crippen molar-refractivity contribution in [2.45, 2.75) is 19.4 Å². The van der Waals surface area contributed by atoms with Crippen LogP contribution in [0.2, 0.25) is 0 Å². The second-order valence-corrected chi connectivity index (χ2v) is 5.08. The van der Waals surface area contributed by atoms with Gasteiger partial charge in [-0.3, -0.25) is 0 Å². The zero-order chi connectivity index (χ0) is 14.9. The first-order valence-corrected chi connectivity index (χ1v) is 6.44. The van der Waals surface area contributed by atoms with Gasteiger partial charge in [0, 0.05) is 20.2 Å². The van der Waals surface area contributed by atoms with Crippen molar-refractivity contribution in [2.24, 2.45) is 5.92 Å². The minimum Gasteiger partial charge on any atom is -0.478 e. The summed E-state index contributed by atoms with van der Waals surface area (Å²) in [7, 11) is 1.57. The zero-order valence-electron chi connectivity index (χ0n) is 11.4. The van der Waals surface area contributed by atoms with Crippen molar-refractivity contribution in [3.63, 3.8) is 0 Å². The minimum atomic E-state index is -1.35. The highest BCUT2D eigenvalue weighted by molar-refractivity contribution is 5.88. The van der Waals surface area contributed by atoms with Gasteiger partial charge in [0.1, 0.15) is 17.3 Å². The van der Waals surface area contributed by atoms with Crippen molar-refractivity contribution < 1.29 is 23.4 Å². The molecule has 2 atom stereocenters. The van der Waals surface area contributed by atoms with Crippen molar-refractivity contribution >= 4 is 11.7 Å². The van der Waals surface area contributed by atoms with E-state index in [1.807, 2.05) is 6.92 Å². The number of rotatable bonds is 3. The Balaban J connectivity index is 2.31. The van der Waals surface area contributed by atoms with E-state index in [0.717, 1.165) is 18.6 Å². The quantitative estimate of drug-likeness (QED) is 0.927. The molecule has 0 radical (unpaired) electrons. The molecule has 110 valence electrons. The Morgan fingerprint density at radius 2 is 2.00 bits per heavy atom. The van der Waals surface area contributed by atoms with Crippen LogP contribution in [0.25, 0.3) is 0 Å². The van der Waals surface area contributed by atoms with E-state index in [2.05, 4.69) is 0 Å². The molecule has 0 saturated carbocycles. The van der Waals surface area contributed by atoms with Crippen LogP contribution < -0.4 is 4.90 Å². The number of hydrogen-bond acceptors (Lipinski definition) is 3. The summed E-state index contributed by atoms with van der Waals surface area (Å²) < 4.78 is 33.3. The molecular weight excluding hydrogens is 268 g/mol. The Labute approximate surface area is 116 Å². The van der Waals surface area contributed by atoms with E-state index in [4.69, 9.17) is 9.84 Å². The lowest BCUT2D eigenvalue weighted by Crippen LogP contribution is -2.44. The van der Waals surface area contributed by atoms with Crippen LogP contribution >= 0.6 is 0 Å². The zero-order valence-corrected chi connectivity index (χ0v) is 11.4. The molecule has 0 aromatic heterocycles. The molecule has 1 aliphatic rings. The molecule has 1 N–H and O–H groups in total. The van der Waals surface area contributed by atoms with Gasteiger partial charge >= 0.3 is 5.97 Å². The molecule has 1 aliphatic heterocycles. The monoisotopic (exact) mass is 285 g/mol. The highest BCUT2D eigenvalue weighted by atomic mass is 19.1. The molecule has 1 fully saturated rings. The lowest BCUT2D eigenvalue weighted by atomic mass is 9.95. The van der Waals surface area contributed by atoms with Gasteiger partial charge in [-0.05, 0) is 24.5 Å². The van der Waals surface area contributed by atoms with Gasteiger partial charge in [-0.25, -0.2) is 13.6 Å². The number of carboxylic acids is 1. The largest absolute Gasteiger partial charge is 0.478 e. The van der Waals surface area contributed by atoms with Crippen LogP contribution in [0.15, 0.2) is 12.1 Å². The van der Waals surface area contributed by atoms with Gasteiger partial charge in [0.25, 0.3) is 0 Å². The number of nitrogens with zero attached hydrogens (tertiary/aromatic N) is 1. The van der Waals surface area contributed by atoms with Crippen molar-refractivity contribution in [2.75, 3.05) is 25.1 Å². The first-order valence-electron chi connectivity index (χ1n) is 6.44. The number of ether oxygens (including phenoxy) is 1. The topological polar surface area (TPSA) is 49.8 Å². The van der Waals surface area contributed by atoms with Gasteiger partial charge < -0.3 is 14.7 Å². The normalized spacial score (nSPS) is 22.9. The van der Waals surface area contributed by atoms with Crippen LogP contribution in [0.5, 0.6) is 0 Å². The van der Waals surface area contributed by atoms with Crippen LogP contribution in [0, 0.1) is 17.6 Å². The number of methoxy groups -OCH3 is 1. The van der Waals surface area contributed by atoms with Crippen molar-refractivity contribution in [3.8, 4) is 0 Å². The third-order valence-corrected chi connectivity index (χ3v) is 3.77. The lowest BCUT2D eigenvalue weighted by Gasteiger charge is -2.37. The molecule has 0 bridgehead atoms. The van der Waals surface area contributed by atoms with E-state index in [-0.39, 0.29) is 11.8 Å². The molecule has 2 unspecified atom stereocenters. The van der Waals surface area contributed by atoms with E-state index in [9.17, 15) is 13.6 Å². The van der Waals surface area contributed by atoms with E-state index in [1.165, 1.54) is 0 Å². The summed E-state index contributed by atoms with van der Waals surface area (Å²) in [5.74, 6) is -2.74. The van der Waals surface area contributed by atoms with Gasteiger partial charge in [-0.2, -0.15) is 0 Å². The van der Waals surface area contributed by atoms with Crippen molar-refractivity contribution in [1.29, 1.82) is 0 Å². The number of hydrogen-bond donors (Lipinski definition) is 1. The number of benzene rings is 1. The van der Waals surface area contributed by atoms with Gasteiger partial charge in [-0.15, -0.1) is 0 Å². The first-order chi connectivity index (χ1) is 9.43. The molecule has 2 rings (SSSR count). The number of carbonyl (C=O) groups is 1. The summed E-state index contributed by atoms with van der Waals surface area (Å²) in [6, 6.07) is 1.70. The summed E-state index contributed by atoms with van der Waals surface area (Å²) in [4.78, 5) is 12.3. The van der Waals surface area contributed by atoms with E-state index < -0.39 is 23.2 Å². The SMILES string of the molecule is COC1CN(c2c(F)cc(C(=O)O)cc2F)CCC1C. The highest BCUT2D eigenvalue weighted by Crippen LogP contribution is 2.30. The first kappa shape index (κ1) is 14.7. The predicted octanol–water partition coefficient (Wildman–Crippen LogP) is 2.52. The van der Waals surface area contributed by atoms with Gasteiger partial charge in [-0.1, -0.05) is 6.92 Å². The molecule has 1 saturated heterocycles. The van der Waals surface area contributed by atoms with Crippen molar-refractivity contribution in [3.05, 3.63) is 29.3 Å². The summed E-state index contributed by atoms with van der Waals surface area (Å²) in [6.45, 7) is 2.94. The van der Waals surface area contributed by atoms with E-state index in [1.54, 1.807) is 12.0 Å². The average Bonchev–Trinajstić information content (AvgIpc) is 2.39. The fourth-order valence-corrected chi connectivity index (χ4v) is 2.53. The highest BCUT2D eigenvalue weighted by Gasteiger charge is 2.29. The summed E-state index contributed by atoms with van der Waals surface area (Å²) in [5.41, 5.74) is -0.568. The number of carboxylic acid groups (broad SMARTS) is 1. The summed E-state index contributed by atoms with van der Waals surface area (Å²) in [6.07, 6.45) is 0.666. The maximum atomic E-state index is 14.0. The molecule has 20 heavy (non-hydrogen) atoms. The Bertz CT molecular complexity index is 498. The predicted molar refractivity (Wildman–Crippen MR) is 70.1 cm³/mol. The number of anilines is 1. The number of aromatic carboxylic acids is 1. The van der Waals surface area contributed by atoms with Crippen LogP contribution in [-0.2, 0) is 4.74 Å². The Kier molecular flexibility index (Phi) is 4.23. The second-order valence-electron chi connectivity index (χ2n) is 5.08. The summed E-state index contributed by atoms with van der Waals surface area (Å²) >= 11 is 0. The van der Waals surface area contributed by atoms with Gasteiger partial charge in [0.15, 0.2) is 0 Å². The third kappa shape index (κ3) is 2.75. The Morgan fingerprint density at radius 1 is 1.40 bits per heavy atom. The molecule has 4 nitrogen and oxygen atoms in total. The number of halogens is 2.